The van der Waals surface area contributed by atoms with Crippen LogP contribution in [0, 0.1) is 12.9 Å². The monoisotopic (exact) mass is 1030 g/mol. The summed E-state index contributed by atoms with van der Waals surface area (Å²) >= 11 is 0. The van der Waals surface area contributed by atoms with Crippen molar-refractivity contribution in [3.63, 3.8) is 0 Å². The van der Waals surface area contributed by atoms with Gasteiger partial charge in [-0.1, -0.05) is 180 Å². The first kappa shape index (κ1) is 26.4. The third-order valence-electron chi connectivity index (χ3n) is 11.0. The van der Waals surface area contributed by atoms with Gasteiger partial charge < -0.3 is 5.11 Å². The van der Waals surface area contributed by atoms with Crippen molar-refractivity contribution in [2.24, 2.45) is 0 Å². The maximum atomic E-state index is 12.3. The predicted molar refractivity (Wildman–Crippen MR) is 264 cm³/mol. The van der Waals surface area contributed by atoms with Crippen molar-refractivity contribution in [2.75, 3.05) is 0 Å². The number of aromatic hydroxyl groups is 1. The number of fused-ring (bicyclic) bond motifs is 1. The van der Waals surface area contributed by atoms with E-state index in [0.29, 0.717) is 55.7 Å². The van der Waals surface area contributed by atoms with Crippen LogP contribution in [0.3, 0.4) is 0 Å². The zero-order valence-corrected chi connectivity index (χ0v) is 37.6. The molecule has 0 bridgehead atoms. The van der Waals surface area contributed by atoms with E-state index in [-0.39, 0.29) is 61.3 Å². The Morgan fingerprint density at radius 2 is 1.34 bits per heavy atom. The molecule has 7 aromatic carbocycles. The first-order valence-electron chi connectivity index (χ1n) is 30.0. The summed E-state index contributed by atoms with van der Waals surface area (Å²) < 4.78 is 166. The van der Waals surface area contributed by atoms with Gasteiger partial charge in [0, 0.05) is 55.1 Å². The maximum Gasteiger partial charge on any atom is 0.148 e. The zero-order valence-electron chi connectivity index (χ0n) is 54.3. The van der Waals surface area contributed by atoms with Gasteiger partial charge in [-0.05, 0) is 104 Å². The van der Waals surface area contributed by atoms with Crippen molar-refractivity contribution in [2.45, 2.75) is 72.4 Å². The van der Waals surface area contributed by atoms with Crippen LogP contribution in [-0.4, -0.2) is 19.6 Å². The normalized spacial score (nSPS) is 16.8. The molecule has 0 aliphatic heterocycles. The number of hydrogen-bond acceptors (Lipinski definition) is 3. The van der Waals surface area contributed by atoms with Gasteiger partial charge in [-0.3, -0.25) is 9.55 Å². The van der Waals surface area contributed by atoms with Crippen LogP contribution >= 0.6 is 0 Å². The average Bonchev–Trinajstić information content (AvgIpc) is 1.74. The van der Waals surface area contributed by atoms with Crippen molar-refractivity contribution >= 4 is 11.0 Å². The second-order valence-corrected chi connectivity index (χ2v) is 16.2. The molecule has 2 aromatic heterocycles. The van der Waals surface area contributed by atoms with E-state index in [4.69, 9.17) is 26.9 Å². The first-order chi connectivity index (χ1) is 38.2. The molecule has 64 heavy (non-hydrogen) atoms. The summed E-state index contributed by atoms with van der Waals surface area (Å²) in [6, 6.07) is 32.8. The molecule has 5 heteroatoms. The fourth-order valence-electron chi connectivity index (χ4n) is 7.75. The Hall–Kier alpha value is -6.35. The fraction of sp³-hybridized carbons (Fsp3) is 0.186. The van der Waals surface area contributed by atoms with Crippen molar-refractivity contribution in [1.82, 2.24) is 14.5 Å². The molecule has 4 nitrogen and oxygen atoms in total. The Morgan fingerprint density at radius 1 is 0.656 bits per heavy atom. The van der Waals surface area contributed by atoms with Gasteiger partial charge in [-0.25, -0.2) is 4.98 Å². The summed E-state index contributed by atoms with van der Waals surface area (Å²) in [5.41, 5.74) is -0.557. The standard InChI is InChI=1S/C59H54N3O.Pt/c1-37(2)44-34-52(38(3)4)57(63)53(35-44)58-61-56-51(20-15-21-55(56)62(58)50-29-39(5)28-45(33-50)40-16-11-9-12-17-40)47-30-46(41-18-13-10-14-19-41)31-48(32-47)54-36-43(26-27-60-54)42-22-24-49(25-23-42)59(6,7)8;/h9-31,33-38,63H,1-8H3;/q-1;/i5D3,6D3,7D3,8D3,22D,23D,24D,25D,26D,27D,36D;. The molecule has 0 fully saturated rings. The van der Waals surface area contributed by atoms with Gasteiger partial charge in [0.1, 0.15) is 11.6 Å². The van der Waals surface area contributed by atoms with Gasteiger partial charge >= 0.3 is 0 Å². The predicted octanol–water partition coefficient (Wildman–Crippen LogP) is 15.8. The number of nitrogens with zero attached hydrogens (tertiary/aromatic N) is 3. The van der Waals surface area contributed by atoms with Gasteiger partial charge in [0.05, 0.1) is 26.2 Å². The average molecular weight is 1040 g/mol. The SMILES string of the molecule is [2H]c1nc(-c2[c-]c(-c3cccc4c3nc(-c3cc(C(C)C)cc(C(C)C)c3O)n4-c3cc(-c4ccccc4)cc(C([2H])([2H])[2H])c3)cc(-c3ccccc3)c2)c([2H])c(-c2c([2H])c([2H])c(C(C([2H])([2H])[2H])(C([2H])([2H])[2H])C([2H])([2H])[2H])c([2H])c2[2H])c1[2H].[Pt]. The Kier molecular flexibility index (Phi) is 7.45. The van der Waals surface area contributed by atoms with Crippen LogP contribution in [0.5, 0.6) is 5.75 Å². The second-order valence-electron chi connectivity index (χ2n) is 16.2. The molecule has 0 radical (unpaired) electrons. The number of rotatable bonds is 9. The molecule has 0 saturated heterocycles. The van der Waals surface area contributed by atoms with Crippen molar-refractivity contribution in [1.29, 1.82) is 0 Å². The van der Waals surface area contributed by atoms with Gasteiger partial charge in [0.2, 0.25) is 0 Å². The number of phenols is 1. The van der Waals surface area contributed by atoms with E-state index < -0.39 is 91.9 Å². The minimum atomic E-state index is -3.95. The molecule has 9 aromatic rings. The largest absolute Gasteiger partial charge is 0.507 e. The van der Waals surface area contributed by atoms with E-state index in [9.17, 15) is 9.22 Å². The van der Waals surface area contributed by atoms with E-state index in [0.717, 1.165) is 11.1 Å². The van der Waals surface area contributed by atoms with Crippen LogP contribution in [0.4, 0.5) is 0 Å². The summed E-state index contributed by atoms with van der Waals surface area (Å²) in [7, 11) is 0. The smallest absolute Gasteiger partial charge is 0.148 e. The Balaban J connectivity index is 0.00000900. The van der Waals surface area contributed by atoms with Crippen LogP contribution < -0.4 is 0 Å². The number of para-hydroxylation sites is 1. The molecule has 0 atom stereocenters. The third-order valence-corrected chi connectivity index (χ3v) is 11.0. The van der Waals surface area contributed by atoms with Crippen molar-refractivity contribution < 1.29 is 52.2 Å². The Labute approximate surface area is 419 Å². The number of pyridine rings is 1. The van der Waals surface area contributed by atoms with Gasteiger partial charge in [0.15, 0.2) is 0 Å². The molecule has 0 amide bonds. The van der Waals surface area contributed by atoms with Gasteiger partial charge in [0.25, 0.3) is 0 Å². The number of benzene rings is 7. The second kappa shape index (κ2) is 18.0. The van der Waals surface area contributed by atoms with Gasteiger partial charge in [-0.15, -0.1) is 23.8 Å². The number of aryl methyl sites for hydroxylation is 1. The summed E-state index contributed by atoms with van der Waals surface area (Å²) in [6.45, 7) is -6.41. The molecule has 0 spiro atoms. The van der Waals surface area contributed by atoms with E-state index in [1.807, 2.05) is 111 Å². The third kappa shape index (κ3) is 8.77. The molecular formula is C59H54N3OPt-. The van der Waals surface area contributed by atoms with E-state index in [2.05, 4.69) is 11.1 Å². The van der Waals surface area contributed by atoms with Crippen molar-refractivity contribution in [3.8, 4) is 78.6 Å². The first-order valence-corrected chi connectivity index (χ1v) is 20.5. The number of hydrogen-bond donors (Lipinski definition) is 1. The Morgan fingerprint density at radius 3 is 2.00 bits per heavy atom. The molecule has 0 unspecified atom stereocenters. The van der Waals surface area contributed by atoms with Crippen LogP contribution in [0.1, 0.15) is 108 Å². The van der Waals surface area contributed by atoms with Crippen LogP contribution in [0.25, 0.3) is 83.9 Å². The number of aromatic nitrogens is 3. The van der Waals surface area contributed by atoms with Crippen LogP contribution in [0.15, 0.2) is 164 Å². The van der Waals surface area contributed by atoms with Crippen LogP contribution in [0.2, 0.25) is 0 Å². The maximum absolute atomic E-state index is 12.3. The molecule has 9 rings (SSSR count). The molecule has 1 N–H and O–H groups in total. The quantitative estimate of drug-likeness (QED) is 0.147. The van der Waals surface area contributed by atoms with E-state index in [1.54, 1.807) is 42.5 Å². The summed E-state index contributed by atoms with van der Waals surface area (Å²) in [5, 5.41) is 12.3. The minimum Gasteiger partial charge on any atom is -0.507 e. The molecule has 0 aliphatic rings. The molecule has 2 heterocycles. The van der Waals surface area contributed by atoms with E-state index in [1.165, 1.54) is 0 Å². The number of imidazole rings is 1. The van der Waals surface area contributed by atoms with Gasteiger partial charge in [-0.2, -0.15) is 0 Å². The van der Waals surface area contributed by atoms with Crippen LogP contribution in [-0.2, 0) is 26.5 Å². The summed E-state index contributed by atoms with van der Waals surface area (Å²) in [5.74, 6) is 0.136. The number of phenolic OH excluding ortho intramolecular Hbond substituents is 1. The molecular weight excluding hydrogens is 962 g/mol. The summed E-state index contributed by atoms with van der Waals surface area (Å²) in [4.78, 5) is 9.71. The fourth-order valence-corrected chi connectivity index (χ4v) is 7.75. The van der Waals surface area contributed by atoms with Crippen molar-refractivity contribution in [3.05, 3.63) is 192 Å². The topological polar surface area (TPSA) is 50.9 Å². The summed E-state index contributed by atoms with van der Waals surface area (Å²) in [6.07, 6.45) is -0.798. The minimum absolute atomic E-state index is 0. The molecule has 0 saturated carbocycles. The molecule has 0 aliphatic carbocycles. The zero-order chi connectivity index (χ0) is 60.1. The Bertz CT molecular complexity index is 3920. The van der Waals surface area contributed by atoms with E-state index >= 15 is 0 Å². The molecule has 322 valence electrons.